The monoisotopic (exact) mass is 574 g/mol. The molecule has 10 nitrogen and oxygen atoms in total. The SMILES string of the molecule is Cc1nc(-c2onc(C)c2NC(=O)O[C@H](C)c2ccccc2C(F)(F)F)ccc1NC(=O)C1CCCCC1C(=O)O. The van der Waals surface area contributed by atoms with Crippen LogP contribution in [0.2, 0.25) is 0 Å². The number of nitrogens with zero attached hydrogens (tertiary/aromatic N) is 2. The number of aromatic nitrogens is 2. The third kappa shape index (κ3) is 6.67. The molecule has 0 bridgehead atoms. The van der Waals surface area contributed by atoms with E-state index in [1.807, 2.05) is 0 Å². The van der Waals surface area contributed by atoms with E-state index >= 15 is 0 Å². The Bertz CT molecular complexity index is 1450. The summed E-state index contributed by atoms with van der Waals surface area (Å²) in [5, 5.41) is 18.6. The zero-order valence-electron chi connectivity index (χ0n) is 22.5. The summed E-state index contributed by atoms with van der Waals surface area (Å²) in [6.07, 6.45) is -4.40. The molecule has 3 N–H and O–H groups in total. The van der Waals surface area contributed by atoms with Gasteiger partial charge in [-0.3, -0.25) is 14.9 Å². The number of halogens is 3. The molecule has 2 unspecified atom stereocenters. The second-order valence-electron chi connectivity index (χ2n) is 9.88. The number of amides is 2. The smallest absolute Gasteiger partial charge is 0.416 e. The predicted octanol–water partition coefficient (Wildman–Crippen LogP) is 6.51. The largest absolute Gasteiger partial charge is 0.481 e. The molecule has 4 rings (SSSR count). The minimum Gasteiger partial charge on any atom is -0.481 e. The number of carbonyl (C=O) groups excluding carboxylic acids is 2. The van der Waals surface area contributed by atoms with E-state index in [0.29, 0.717) is 24.2 Å². The Hall–Kier alpha value is -4.42. The van der Waals surface area contributed by atoms with E-state index in [4.69, 9.17) is 9.26 Å². The number of ether oxygens (including phenoxy) is 1. The number of rotatable bonds is 7. The van der Waals surface area contributed by atoms with Crippen molar-refractivity contribution >= 4 is 29.3 Å². The molecule has 0 radical (unpaired) electrons. The summed E-state index contributed by atoms with van der Waals surface area (Å²) in [4.78, 5) is 41.6. The first kappa shape index (κ1) is 29.6. The number of carboxylic acid groups (broad SMARTS) is 1. The van der Waals surface area contributed by atoms with Gasteiger partial charge >= 0.3 is 18.2 Å². The second-order valence-corrected chi connectivity index (χ2v) is 9.88. The van der Waals surface area contributed by atoms with E-state index in [9.17, 15) is 32.7 Å². The fourth-order valence-corrected chi connectivity index (χ4v) is 4.94. The van der Waals surface area contributed by atoms with E-state index < -0.39 is 47.6 Å². The highest BCUT2D eigenvalue weighted by atomic mass is 19.4. The van der Waals surface area contributed by atoms with Crippen LogP contribution < -0.4 is 10.6 Å². The molecule has 1 aliphatic carbocycles. The molecular formula is C28H29F3N4O6. The highest BCUT2D eigenvalue weighted by Crippen LogP contribution is 2.37. The van der Waals surface area contributed by atoms with Crippen molar-refractivity contribution in [1.82, 2.24) is 10.1 Å². The Morgan fingerprint density at radius 1 is 1.02 bits per heavy atom. The average molecular weight is 575 g/mol. The number of aliphatic carboxylic acids is 1. The van der Waals surface area contributed by atoms with Gasteiger partial charge in [-0.05, 0) is 51.8 Å². The summed E-state index contributed by atoms with van der Waals surface area (Å²) in [6, 6.07) is 7.92. The number of nitrogens with one attached hydrogen (secondary N) is 2. The third-order valence-corrected chi connectivity index (χ3v) is 7.07. The molecule has 2 aromatic heterocycles. The molecule has 3 aromatic rings. The van der Waals surface area contributed by atoms with Gasteiger partial charge in [0.15, 0.2) is 0 Å². The summed E-state index contributed by atoms with van der Waals surface area (Å²) >= 11 is 0. The van der Waals surface area contributed by atoms with Gasteiger partial charge in [-0.1, -0.05) is 36.2 Å². The number of carboxylic acids is 1. The van der Waals surface area contributed by atoms with Crippen molar-refractivity contribution in [1.29, 1.82) is 0 Å². The van der Waals surface area contributed by atoms with Crippen LogP contribution in [0.25, 0.3) is 11.5 Å². The predicted molar refractivity (Wildman–Crippen MR) is 141 cm³/mol. The van der Waals surface area contributed by atoms with Gasteiger partial charge in [0.25, 0.3) is 0 Å². The maximum absolute atomic E-state index is 13.4. The number of hydrogen-bond donors (Lipinski definition) is 3. The molecule has 3 atom stereocenters. The van der Waals surface area contributed by atoms with Crippen molar-refractivity contribution in [2.24, 2.45) is 11.8 Å². The topological polar surface area (TPSA) is 144 Å². The van der Waals surface area contributed by atoms with E-state index in [1.165, 1.54) is 31.2 Å². The van der Waals surface area contributed by atoms with E-state index in [1.54, 1.807) is 19.9 Å². The lowest BCUT2D eigenvalue weighted by Gasteiger charge is -2.27. The van der Waals surface area contributed by atoms with Crippen LogP contribution in [-0.2, 0) is 20.5 Å². The van der Waals surface area contributed by atoms with Crippen LogP contribution in [0.15, 0.2) is 40.9 Å². The number of aryl methyl sites for hydroxylation is 2. The molecule has 2 heterocycles. The summed E-state index contributed by atoms with van der Waals surface area (Å²) < 4.78 is 50.8. The number of hydrogen-bond acceptors (Lipinski definition) is 7. The van der Waals surface area contributed by atoms with Gasteiger partial charge in [0.05, 0.1) is 28.8 Å². The van der Waals surface area contributed by atoms with Crippen molar-refractivity contribution in [2.75, 3.05) is 10.6 Å². The molecule has 218 valence electrons. The maximum Gasteiger partial charge on any atom is 0.416 e. The molecule has 0 spiro atoms. The second kappa shape index (κ2) is 12.0. The van der Waals surface area contributed by atoms with Crippen LogP contribution in [0.3, 0.4) is 0 Å². The Morgan fingerprint density at radius 3 is 2.37 bits per heavy atom. The number of anilines is 2. The molecule has 2 amide bonds. The van der Waals surface area contributed by atoms with Crippen LogP contribution in [0, 0.1) is 25.7 Å². The fraction of sp³-hybridized carbons (Fsp3) is 0.393. The first-order valence-electron chi connectivity index (χ1n) is 13.0. The van der Waals surface area contributed by atoms with Gasteiger partial charge in [-0.15, -0.1) is 0 Å². The normalized spacial score (nSPS) is 17.9. The Balaban J connectivity index is 1.48. The van der Waals surface area contributed by atoms with E-state index in [0.717, 1.165) is 18.9 Å². The molecular weight excluding hydrogens is 545 g/mol. The summed E-state index contributed by atoms with van der Waals surface area (Å²) in [7, 11) is 0. The molecule has 0 saturated heterocycles. The van der Waals surface area contributed by atoms with Crippen LogP contribution in [0.4, 0.5) is 29.3 Å². The van der Waals surface area contributed by atoms with Crippen molar-refractivity contribution in [2.45, 2.75) is 58.7 Å². The van der Waals surface area contributed by atoms with E-state index in [2.05, 4.69) is 20.8 Å². The Kier molecular flexibility index (Phi) is 8.64. The van der Waals surface area contributed by atoms with Gasteiger partial charge in [0.2, 0.25) is 11.7 Å². The van der Waals surface area contributed by atoms with Crippen LogP contribution >= 0.6 is 0 Å². The minimum absolute atomic E-state index is 0.0713. The van der Waals surface area contributed by atoms with Crippen molar-refractivity contribution in [3.05, 3.63) is 58.9 Å². The molecule has 0 aliphatic heterocycles. The molecule has 1 saturated carbocycles. The van der Waals surface area contributed by atoms with E-state index in [-0.39, 0.29) is 28.4 Å². The number of benzene rings is 1. The quantitative estimate of drug-likeness (QED) is 0.290. The standard InChI is InChI=1S/C28H29F3N4O6/c1-14-21(33-25(36)18-9-4-5-10-19(18)26(37)38)12-13-22(32-14)24-23(15(2)35-41-24)34-27(39)40-16(3)17-8-6-7-11-20(17)28(29,30)31/h6-8,11-13,16,18-19H,4-5,9-10H2,1-3H3,(H,33,36)(H,34,39)(H,37,38)/t16-,18?,19?/m1/s1. The minimum atomic E-state index is -4.62. The highest BCUT2D eigenvalue weighted by Gasteiger charge is 2.36. The van der Waals surface area contributed by atoms with Gasteiger partial charge in [0.1, 0.15) is 23.2 Å². The van der Waals surface area contributed by atoms with Crippen LogP contribution in [0.5, 0.6) is 0 Å². The average Bonchev–Trinajstić information content (AvgIpc) is 3.28. The van der Waals surface area contributed by atoms with Crippen molar-refractivity contribution < 1.29 is 41.9 Å². The summed E-state index contributed by atoms with van der Waals surface area (Å²) in [5.74, 6) is -2.71. The Morgan fingerprint density at radius 2 is 1.71 bits per heavy atom. The van der Waals surface area contributed by atoms with Crippen molar-refractivity contribution in [3.8, 4) is 11.5 Å². The molecule has 1 aliphatic rings. The number of alkyl halides is 3. The fourth-order valence-electron chi connectivity index (χ4n) is 4.94. The molecule has 41 heavy (non-hydrogen) atoms. The lowest BCUT2D eigenvalue weighted by atomic mass is 9.78. The zero-order chi connectivity index (χ0) is 29.9. The lowest BCUT2D eigenvalue weighted by Crippen LogP contribution is -2.36. The van der Waals surface area contributed by atoms with Gasteiger partial charge in [-0.25, -0.2) is 9.78 Å². The van der Waals surface area contributed by atoms with Gasteiger partial charge in [-0.2, -0.15) is 13.2 Å². The van der Waals surface area contributed by atoms with Crippen LogP contribution in [0.1, 0.15) is 61.2 Å². The first-order chi connectivity index (χ1) is 19.4. The van der Waals surface area contributed by atoms with Crippen LogP contribution in [-0.4, -0.2) is 33.2 Å². The number of pyridine rings is 1. The Labute approximate surface area is 233 Å². The molecule has 13 heteroatoms. The molecule has 1 fully saturated rings. The van der Waals surface area contributed by atoms with Gasteiger partial charge < -0.3 is 19.7 Å². The summed E-state index contributed by atoms with van der Waals surface area (Å²) in [5.41, 5.74) is 0.323. The summed E-state index contributed by atoms with van der Waals surface area (Å²) in [6.45, 7) is 4.52. The number of carbonyl (C=O) groups is 3. The lowest BCUT2D eigenvalue weighted by molar-refractivity contribution is -0.147. The molecule has 1 aromatic carbocycles. The third-order valence-electron chi connectivity index (χ3n) is 7.07. The zero-order valence-corrected chi connectivity index (χ0v) is 22.5. The van der Waals surface area contributed by atoms with Gasteiger partial charge in [0, 0.05) is 5.56 Å². The first-order valence-corrected chi connectivity index (χ1v) is 13.0. The maximum atomic E-state index is 13.4. The van der Waals surface area contributed by atoms with Crippen molar-refractivity contribution in [3.63, 3.8) is 0 Å². The highest BCUT2D eigenvalue weighted by molar-refractivity contribution is 5.96.